The SMILES string of the molecule is OC1COc2cc(OCC(F)(F)c3ccccc3)ccc21. The van der Waals surface area contributed by atoms with E-state index in [2.05, 4.69) is 0 Å². The van der Waals surface area contributed by atoms with Crippen molar-refractivity contribution in [3.63, 3.8) is 0 Å². The number of rotatable bonds is 4. The highest BCUT2D eigenvalue weighted by molar-refractivity contribution is 5.44. The van der Waals surface area contributed by atoms with Gasteiger partial charge >= 0.3 is 5.92 Å². The summed E-state index contributed by atoms with van der Waals surface area (Å²) in [7, 11) is 0. The molecule has 0 aromatic heterocycles. The predicted octanol–water partition coefficient (Wildman–Crippen LogP) is 3.28. The summed E-state index contributed by atoms with van der Waals surface area (Å²) in [5, 5.41) is 9.59. The van der Waals surface area contributed by atoms with E-state index in [1.807, 2.05) is 0 Å². The standard InChI is InChI=1S/C16H14F2O3/c17-16(18,11-4-2-1-3-5-11)10-21-12-6-7-13-14(19)9-20-15(13)8-12/h1-8,14,19H,9-10H2. The second kappa shape index (κ2) is 5.33. The van der Waals surface area contributed by atoms with Crippen LogP contribution in [0.4, 0.5) is 8.78 Å². The predicted molar refractivity (Wildman–Crippen MR) is 72.7 cm³/mol. The zero-order valence-electron chi connectivity index (χ0n) is 11.1. The van der Waals surface area contributed by atoms with Crippen LogP contribution in [0.1, 0.15) is 17.2 Å². The molecule has 1 heterocycles. The maximum absolute atomic E-state index is 14.0. The summed E-state index contributed by atoms with van der Waals surface area (Å²) < 4.78 is 38.4. The van der Waals surface area contributed by atoms with Gasteiger partial charge in [0.2, 0.25) is 0 Å². The largest absolute Gasteiger partial charge is 0.490 e. The van der Waals surface area contributed by atoms with E-state index >= 15 is 0 Å². The fourth-order valence-corrected chi connectivity index (χ4v) is 2.20. The van der Waals surface area contributed by atoms with Crippen molar-refractivity contribution in [2.45, 2.75) is 12.0 Å². The molecule has 0 saturated heterocycles. The van der Waals surface area contributed by atoms with E-state index in [1.54, 1.807) is 30.3 Å². The summed E-state index contributed by atoms with van der Waals surface area (Å²) in [6.07, 6.45) is -0.667. The van der Waals surface area contributed by atoms with Crippen molar-refractivity contribution in [2.75, 3.05) is 13.2 Å². The van der Waals surface area contributed by atoms with Gasteiger partial charge in [0.1, 0.15) is 24.2 Å². The molecule has 3 nitrogen and oxygen atoms in total. The van der Waals surface area contributed by atoms with E-state index in [0.29, 0.717) is 17.1 Å². The number of fused-ring (bicyclic) bond motifs is 1. The fourth-order valence-electron chi connectivity index (χ4n) is 2.20. The number of aliphatic hydroxyl groups is 1. The van der Waals surface area contributed by atoms with Gasteiger partial charge in [0.15, 0.2) is 6.61 Å². The van der Waals surface area contributed by atoms with Crippen LogP contribution >= 0.6 is 0 Å². The van der Waals surface area contributed by atoms with Crippen LogP contribution in [0.2, 0.25) is 0 Å². The van der Waals surface area contributed by atoms with Gasteiger partial charge in [-0.05, 0) is 12.1 Å². The highest BCUT2D eigenvalue weighted by Gasteiger charge is 2.32. The van der Waals surface area contributed by atoms with Crippen LogP contribution in [0.25, 0.3) is 0 Å². The van der Waals surface area contributed by atoms with E-state index < -0.39 is 18.6 Å². The van der Waals surface area contributed by atoms with Crippen LogP contribution in [0.5, 0.6) is 11.5 Å². The lowest BCUT2D eigenvalue weighted by atomic mass is 10.1. The van der Waals surface area contributed by atoms with Crippen LogP contribution in [-0.4, -0.2) is 18.3 Å². The zero-order valence-corrected chi connectivity index (χ0v) is 11.1. The average molecular weight is 292 g/mol. The molecule has 1 aliphatic heterocycles. The van der Waals surface area contributed by atoms with Crippen LogP contribution in [0.3, 0.4) is 0 Å². The molecule has 0 saturated carbocycles. The summed E-state index contributed by atoms with van der Waals surface area (Å²) >= 11 is 0. The first-order valence-corrected chi connectivity index (χ1v) is 6.57. The molecule has 21 heavy (non-hydrogen) atoms. The van der Waals surface area contributed by atoms with Crippen LogP contribution in [-0.2, 0) is 5.92 Å². The Bertz CT molecular complexity index is 629. The molecule has 1 atom stereocenters. The minimum Gasteiger partial charge on any atom is -0.490 e. The minimum absolute atomic E-state index is 0.0853. The number of hydrogen-bond donors (Lipinski definition) is 1. The molecule has 0 bridgehead atoms. The first-order valence-electron chi connectivity index (χ1n) is 6.57. The number of ether oxygens (including phenoxy) is 2. The van der Waals surface area contributed by atoms with Crippen molar-refractivity contribution in [1.29, 1.82) is 0 Å². The number of aliphatic hydroxyl groups excluding tert-OH is 1. The Morgan fingerprint density at radius 1 is 1.19 bits per heavy atom. The third-order valence-electron chi connectivity index (χ3n) is 3.36. The Balaban J connectivity index is 1.71. The van der Waals surface area contributed by atoms with Crippen LogP contribution < -0.4 is 9.47 Å². The van der Waals surface area contributed by atoms with Gasteiger partial charge in [-0.1, -0.05) is 30.3 Å². The fraction of sp³-hybridized carbons (Fsp3) is 0.250. The quantitative estimate of drug-likeness (QED) is 0.940. The number of benzene rings is 2. The maximum Gasteiger partial charge on any atom is 0.306 e. The van der Waals surface area contributed by atoms with Gasteiger partial charge in [0, 0.05) is 17.2 Å². The second-order valence-electron chi connectivity index (χ2n) is 4.89. The molecule has 110 valence electrons. The minimum atomic E-state index is -3.07. The van der Waals surface area contributed by atoms with Crippen molar-refractivity contribution in [3.8, 4) is 11.5 Å². The van der Waals surface area contributed by atoms with E-state index in [-0.39, 0.29) is 12.2 Å². The normalized spacial score (nSPS) is 17.2. The molecule has 1 aliphatic rings. The second-order valence-corrected chi connectivity index (χ2v) is 4.89. The molecule has 2 aromatic rings. The lowest BCUT2D eigenvalue weighted by Crippen LogP contribution is -2.23. The molecule has 0 amide bonds. The molecular weight excluding hydrogens is 278 g/mol. The van der Waals surface area contributed by atoms with E-state index in [1.165, 1.54) is 18.2 Å². The summed E-state index contributed by atoms with van der Waals surface area (Å²) in [6, 6.07) is 12.2. The molecule has 5 heteroatoms. The van der Waals surface area contributed by atoms with Gasteiger partial charge in [0.05, 0.1) is 0 Å². The Labute approximate surface area is 120 Å². The van der Waals surface area contributed by atoms with Gasteiger partial charge in [-0.15, -0.1) is 0 Å². The Morgan fingerprint density at radius 3 is 2.71 bits per heavy atom. The molecule has 1 N–H and O–H groups in total. The Morgan fingerprint density at radius 2 is 1.95 bits per heavy atom. The molecule has 0 aliphatic carbocycles. The molecule has 0 radical (unpaired) electrons. The summed E-state index contributed by atoms with van der Waals surface area (Å²) in [5.74, 6) is -2.30. The van der Waals surface area contributed by atoms with Crippen molar-refractivity contribution < 1.29 is 23.4 Å². The first-order chi connectivity index (χ1) is 10.1. The van der Waals surface area contributed by atoms with Crippen LogP contribution in [0.15, 0.2) is 48.5 Å². The molecule has 0 spiro atoms. The smallest absolute Gasteiger partial charge is 0.306 e. The van der Waals surface area contributed by atoms with E-state index in [0.717, 1.165) is 0 Å². The van der Waals surface area contributed by atoms with Gasteiger partial charge in [-0.2, -0.15) is 8.78 Å². The topological polar surface area (TPSA) is 38.7 Å². The van der Waals surface area contributed by atoms with Gasteiger partial charge < -0.3 is 14.6 Å². The molecular formula is C16H14F2O3. The molecule has 3 rings (SSSR count). The maximum atomic E-state index is 14.0. The number of hydrogen-bond acceptors (Lipinski definition) is 3. The van der Waals surface area contributed by atoms with E-state index in [4.69, 9.17) is 9.47 Å². The van der Waals surface area contributed by atoms with Crippen molar-refractivity contribution in [1.82, 2.24) is 0 Å². The summed E-state index contributed by atoms with van der Waals surface area (Å²) in [4.78, 5) is 0. The van der Waals surface area contributed by atoms with E-state index in [9.17, 15) is 13.9 Å². The third-order valence-corrected chi connectivity index (χ3v) is 3.36. The first kappa shape index (κ1) is 13.8. The highest BCUT2D eigenvalue weighted by Crippen LogP contribution is 2.36. The van der Waals surface area contributed by atoms with Gasteiger partial charge in [-0.25, -0.2) is 0 Å². The summed E-state index contributed by atoms with van der Waals surface area (Å²) in [6.45, 7) is -0.572. The average Bonchev–Trinajstić information content (AvgIpc) is 2.87. The van der Waals surface area contributed by atoms with Crippen LogP contribution in [0, 0.1) is 0 Å². The highest BCUT2D eigenvalue weighted by atomic mass is 19.3. The van der Waals surface area contributed by atoms with Gasteiger partial charge in [0.25, 0.3) is 0 Å². The lowest BCUT2D eigenvalue weighted by molar-refractivity contribution is -0.0467. The molecule has 1 unspecified atom stereocenters. The monoisotopic (exact) mass is 292 g/mol. The Kier molecular flexibility index (Phi) is 3.51. The summed E-state index contributed by atoms with van der Waals surface area (Å²) in [5.41, 5.74) is 0.565. The third kappa shape index (κ3) is 2.83. The Hall–Kier alpha value is -2.14. The van der Waals surface area contributed by atoms with Crippen molar-refractivity contribution >= 4 is 0 Å². The number of alkyl halides is 2. The van der Waals surface area contributed by atoms with Crippen molar-refractivity contribution in [2.24, 2.45) is 0 Å². The molecule has 0 fully saturated rings. The van der Waals surface area contributed by atoms with Gasteiger partial charge in [-0.3, -0.25) is 0 Å². The van der Waals surface area contributed by atoms with Crippen molar-refractivity contribution in [3.05, 3.63) is 59.7 Å². The number of halogens is 2. The zero-order chi connectivity index (χ0) is 14.9. The lowest BCUT2D eigenvalue weighted by Gasteiger charge is -2.17. The molecule has 2 aromatic carbocycles.